The van der Waals surface area contributed by atoms with Crippen LogP contribution in [-0.2, 0) is 0 Å². The number of halogens is 1. The normalized spacial score (nSPS) is 10.8. The van der Waals surface area contributed by atoms with Gasteiger partial charge in [-0.05, 0) is 6.92 Å². The van der Waals surface area contributed by atoms with E-state index in [1.165, 1.54) is 11.3 Å². The Morgan fingerprint density at radius 1 is 1.58 bits per heavy atom. The molecule has 0 N–H and O–H groups in total. The van der Waals surface area contributed by atoms with Crippen molar-refractivity contribution in [1.82, 2.24) is 4.98 Å². The predicted molar refractivity (Wildman–Crippen MR) is 51.0 cm³/mol. The van der Waals surface area contributed by atoms with Crippen molar-refractivity contribution in [3.8, 4) is 0 Å². The number of hydrogen-bond acceptors (Lipinski definition) is 3. The minimum Gasteiger partial charge on any atom is -0.293 e. The van der Waals surface area contributed by atoms with Gasteiger partial charge in [0.2, 0.25) is 0 Å². The van der Waals surface area contributed by atoms with Crippen LogP contribution in [0.5, 0.6) is 0 Å². The molecule has 0 bridgehead atoms. The largest absolute Gasteiger partial charge is 0.293 e. The quantitative estimate of drug-likeness (QED) is 0.692. The average Bonchev–Trinajstić information content (AvgIpc) is 2.28. The Kier molecular flexibility index (Phi) is 2.85. The smallest absolute Gasteiger partial charge is 0.184 e. The Bertz CT molecular complexity index is 306. The molecule has 0 aliphatic carbocycles. The molecule has 0 saturated carbocycles. The van der Waals surface area contributed by atoms with Crippen molar-refractivity contribution >= 4 is 28.7 Å². The molecular formula is C8H10ClNOS. The Labute approximate surface area is 80.6 Å². The van der Waals surface area contributed by atoms with Crippen molar-refractivity contribution in [2.45, 2.75) is 20.8 Å². The van der Waals surface area contributed by atoms with Crippen LogP contribution in [0.3, 0.4) is 0 Å². The third-order valence-corrected chi connectivity index (χ3v) is 2.80. The molecule has 0 aromatic carbocycles. The van der Waals surface area contributed by atoms with E-state index >= 15 is 0 Å². The summed E-state index contributed by atoms with van der Waals surface area (Å²) in [4.78, 5) is 16.2. The number of nitrogens with zero attached hydrogens (tertiary/aromatic N) is 1. The van der Waals surface area contributed by atoms with Crippen molar-refractivity contribution in [1.29, 1.82) is 0 Å². The Balaban J connectivity index is 3.02. The molecular weight excluding hydrogens is 194 g/mol. The number of Topliss-reactive ketones (excluding diaryl/α,β-unsaturated/α-hetero) is 1. The number of hydrogen-bond donors (Lipinski definition) is 0. The lowest BCUT2D eigenvalue weighted by molar-refractivity contribution is 0.0942. The van der Waals surface area contributed by atoms with E-state index in [0.717, 1.165) is 5.69 Å². The molecule has 1 rings (SSSR count). The molecule has 12 heavy (non-hydrogen) atoms. The van der Waals surface area contributed by atoms with Crippen molar-refractivity contribution in [2.24, 2.45) is 5.92 Å². The number of rotatable bonds is 2. The fourth-order valence-electron chi connectivity index (χ4n) is 0.854. The number of carbonyl (C=O) groups is 1. The van der Waals surface area contributed by atoms with E-state index in [1.807, 2.05) is 13.8 Å². The molecule has 0 saturated heterocycles. The van der Waals surface area contributed by atoms with Crippen molar-refractivity contribution in [3.05, 3.63) is 15.0 Å². The topological polar surface area (TPSA) is 30.0 Å². The van der Waals surface area contributed by atoms with Gasteiger partial charge in [-0.15, -0.1) is 0 Å². The summed E-state index contributed by atoms with van der Waals surface area (Å²) in [6.07, 6.45) is 0. The predicted octanol–water partition coefficient (Wildman–Crippen LogP) is 2.94. The second-order valence-corrected chi connectivity index (χ2v) is 4.48. The number of thiazole rings is 1. The average molecular weight is 204 g/mol. The van der Waals surface area contributed by atoms with E-state index in [9.17, 15) is 4.79 Å². The van der Waals surface area contributed by atoms with Gasteiger partial charge < -0.3 is 0 Å². The van der Waals surface area contributed by atoms with Crippen LogP contribution < -0.4 is 0 Å². The molecule has 1 aromatic heterocycles. The van der Waals surface area contributed by atoms with Gasteiger partial charge in [-0.3, -0.25) is 4.79 Å². The minimum absolute atomic E-state index is 0.0141. The van der Waals surface area contributed by atoms with Crippen LogP contribution >= 0.6 is 22.9 Å². The van der Waals surface area contributed by atoms with Gasteiger partial charge in [-0.2, -0.15) is 0 Å². The number of carbonyl (C=O) groups excluding carboxylic acids is 1. The summed E-state index contributed by atoms with van der Waals surface area (Å²) in [7, 11) is 0. The first-order valence-corrected chi connectivity index (χ1v) is 4.89. The Morgan fingerprint density at radius 2 is 2.17 bits per heavy atom. The monoisotopic (exact) mass is 203 g/mol. The molecule has 0 unspecified atom stereocenters. The maximum atomic E-state index is 11.5. The molecule has 0 radical (unpaired) electrons. The molecule has 0 atom stereocenters. The fourth-order valence-corrected chi connectivity index (χ4v) is 2.09. The summed E-state index contributed by atoms with van der Waals surface area (Å²) in [6.45, 7) is 5.54. The number of ketones is 1. The van der Waals surface area contributed by atoms with Crippen molar-refractivity contribution < 1.29 is 4.79 Å². The zero-order chi connectivity index (χ0) is 9.30. The first-order valence-electron chi connectivity index (χ1n) is 3.69. The highest BCUT2D eigenvalue weighted by molar-refractivity contribution is 7.17. The summed E-state index contributed by atoms with van der Waals surface area (Å²) in [5.74, 6) is 0.136. The van der Waals surface area contributed by atoms with Gasteiger partial charge in [0.15, 0.2) is 10.3 Å². The molecule has 1 aromatic rings. The lowest BCUT2D eigenvalue weighted by Crippen LogP contribution is -2.06. The third-order valence-electron chi connectivity index (χ3n) is 1.52. The molecule has 66 valence electrons. The zero-order valence-corrected chi connectivity index (χ0v) is 8.79. The van der Waals surface area contributed by atoms with Gasteiger partial charge in [0.25, 0.3) is 0 Å². The Hall–Kier alpha value is -0.410. The van der Waals surface area contributed by atoms with E-state index in [4.69, 9.17) is 11.6 Å². The number of aryl methyl sites for hydroxylation is 1. The van der Waals surface area contributed by atoms with Crippen LogP contribution in [0.15, 0.2) is 0 Å². The van der Waals surface area contributed by atoms with Crippen LogP contribution in [-0.4, -0.2) is 10.8 Å². The van der Waals surface area contributed by atoms with Crippen LogP contribution in [0.4, 0.5) is 0 Å². The summed E-state index contributed by atoms with van der Waals surface area (Å²) < 4.78 is 0.441. The molecule has 4 heteroatoms. The molecule has 0 aliphatic heterocycles. The second-order valence-electron chi connectivity index (χ2n) is 2.90. The molecule has 0 fully saturated rings. The summed E-state index contributed by atoms with van der Waals surface area (Å²) in [5, 5.41) is 0. The Morgan fingerprint density at radius 3 is 2.50 bits per heavy atom. The van der Waals surface area contributed by atoms with E-state index < -0.39 is 0 Å². The van der Waals surface area contributed by atoms with Gasteiger partial charge in [-0.1, -0.05) is 36.8 Å². The zero-order valence-electron chi connectivity index (χ0n) is 7.22. The second kappa shape index (κ2) is 3.54. The maximum absolute atomic E-state index is 11.5. The first-order chi connectivity index (χ1) is 5.52. The highest BCUT2D eigenvalue weighted by Crippen LogP contribution is 2.24. The van der Waals surface area contributed by atoms with Gasteiger partial charge in [0, 0.05) is 5.92 Å². The highest BCUT2D eigenvalue weighted by Gasteiger charge is 2.16. The van der Waals surface area contributed by atoms with Crippen LogP contribution in [0, 0.1) is 12.8 Å². The molecule has 0 amide bonds. The van der Waals surface area contributed by atoms with Gasteiger partial charge in [0.1, 0.15) is 0 Å². The standard InChI is InChI=1S/C8H10ClNOS/c1-4(2)6(11)7-5(3)10-8(9)12-7/h4H,1-3H3. The van der Waals surface area contributed by atoms with Crippen LogP contribution in [0.1, 0.15) is 29.2 Å². The van der Waals surface area contributed by atoms with Crippen molar-refractivity contribution in [3.63, 3.8) is 0 Å². The summed E-state index contributed by atoms with van der Waals surface area (Å²) in [6, 6.07) is 0. The van der Waals surface area contributed by atoms with Gasteiger partial charge in [0.05, 0.1) is 10.6 Å². The summed E-state index contributed by atoms with van der Waals surface area (Å²) >= 11 is 6.93. The van der Waals surface area contributed by atoms with E-state index in [0.29, 0.717) is 9.34 Å². The van der Waals surface area contributed by atoms with Crippen LogP contribution in [0.25, 0.3) is 0 Å². The molecule has 0 aliphatic rings. The first kappa shape index (κ1) is 9.68. The highest BCUT2D eigenvalue weighted by atomic mass is 35.5. The lowest BCUT2D eigenvalue weighted by Gasteiger charge is -1.99. The van der Waals surface area contributed by atoms with E-state index in [1.54, 1.807) is 6.92 Å². The van der Waals surface area contributed by atoms with E-state index in [-0.39, 0.29) is 11.7 Å². The third kappa shape index (κ3) is 1.84. The molecule has 1 heterocycles. The van der Waals surface area contributed by atoms with Crippen molar-refractivity contribution in [2.75, 3.05) is 0 Å². The van der Waals surface area contributed by atoms with Gasteiger partial charge >= 0.3 is 0 Å². The summed E-state index contributed by atoms with van der Waals surface area (Å²) in [5.41, 5.74) is 0.740. The fraction of sp³-hybridized carbons (Fsp3) is 0.500. The molecule has 0 spiro atoms. The lowest BCUT2D eigenvalue weighted by atomic mass is 10.1. The minimum atomic E-state index is 0.0141. The molecule has 2 nitrogen and oxygen atoms in total. The number of aromatic nitrogens is 1. The van der Waals surface area contributed by atoms with Gasteiger partial charge in [-0.25, -0.2) is 4.98 Å². The van der Waals surface area contributed by atoms with Crippen LogP contribution in [0.2, 0.25) is 4.47 Å². The SMILES string of the molecule is Cc1nc(Cl)sc1C(=O)C(C)C. The van der Waals surface area contributed by atoms with E-state index in [2.05, 4.69) is 4.98 Å². The maximum Gasteiger partial charge on any atom is 0.184 e.